The molecule has 0 fully saturated rings. The lowest BCUT2D eigenvalue weighted by atomic mass is 9.96. The maximum atomic E-state index is 13.3. The van der Waals surface area contributed by atoms with E-state index in [-0.39, 0.29) is 30.5 Å². The highest BCUT2D eigenvalue weighted by Crippen LogP contribution is 2.43. The summed E-state index contributed by atoms with van der Waals surface area (Å²) in [5.74, 6) is 1.35. The van der Waals surface area contributed by atoms with Gasteiger partial charge in [-0.15, -0.1) is 0 Å². The number of benzene rings is 1. The molecule has 0 radical (unpaired) electrons. The smallest absolute Gasteiger partial charge is 0.255 e. The quantitative estimate of drug-likeness (QED) is 0.492. The van der Waals surface area contributed by atoms with Gasteiger partial charge in [-0.3, -0.25) is 9.59 Å². The van der Waals surface area contributed by atoms with E-state index in [0.717, 1.165) is 44.6 Å². The topological polar surface area (TPSA) is 70.4 Å². The summed E-state index contributed by atoms with van der Waals surface area (Å²) in [6, 6.07) is 5.92. The summed E-state index contributed by atoms with van der Waals surface area (Å²) in [6.07, 6.45) is 3.09. The van der Waals surface area contributed by atoms with Crippen molar-refractivity contribution in [3.63, 3.8) is 0 Å². The van der Waals surface area contributed by atoms with Gasteiger partial charge >= 0.3 is 0 Å². The number of nitrogens with zero attached hydrogens (tertiary/aromatic N) is 2. The zero-order valence-electron chi connectivity index (χ0n) is 17.7. The second-order valence-corrected chi connectivity index (χ2v) is 8.76. The Kier molecular flexibility index (Phi) is 3.73. The van der Waals surface area contributed by atoms with Crippen LogP contribution in [-0.2, 0) is 17.8 Å². The number of carbonyl (C=O) groups excluding carboxylic acids is 1. The minimum Gasteiger partial charge on any atom is -0.454 e. The molecule has 6 heteroatoms. The lowest BCUT2D eigenvalue weighted by Crippen LogP contribution is -2.23. The van der Waals surface area contributed by atoms with E-state index in [1.807, 2.05) is 25.1 Å². The van der Waals surface area contributed by atoms with Crippen molar-refractivity contribution in [3.05, 3.63) is 56.4 Å². The van der Waals surface area contributed by atoms with Crippen LogP contribution in [0.15, 0.2) is 28.6 Å². The van der Waals surface area contributed by atoms with Gasteiger partial charge in [0, 0.05) is 34.9 Å². The SMILES string of the molecule is CCC1C(=O)Cc2c1cc1n(c2=O)Cc2c-1nc1cc3c(cc1c2C=C(C)C)OCO3. The van der Waals surface area contributed by atoms with E-state index in [1.54, 1.807) is 4.57 Å². The Morgan fingerprint density at radius 3 is 2.68 bits per heavy atom. The lowest BCUT2D eigenvalue weighted by molar-refractivity contribution is -0.119. The summed E-state index contributed by atoms with van der Waals surface area (Å²) in [4.78, 5) is 30.8. The molecule has 1 atom stereocenters. The molecule has 1 aliphatic carbocycles. The second kappa shape index (κ2) is 6.30. The molecule has 31 heavy (non-hydrogen) atoms. The van der Waals surface area contributed by atoms with Crippen LogP contribution in [0.1, 0.15) is 55.4 Å². The minimum absolute atomic E-state index is 0.0591. The van der Waals surface area contributed by atoms with Gasteiger partial charge in [0.25, 0.3) is 5.56 Å². The first-order chi connectivity index (χ1) is 15.0. The average molecular weight is 414 g/mol. The number of Topliss-reactive ketones (excluding diaryl/α,β-unsaturated/α-hetero) is 1. The van der Waals surface area contributed by atoms with Crippen molar-refractivity contribution in [1.29, 1.82) is 0 Å². The number of carbonyl (C=O) groups is 1. The van der Waals surface area contributed by atoms with Crippen LogP contribution in [0, 0.1) is 0 Å². The summed E-state index contributed by atoms with van der Waals surface area (Å²) in [7, 11) is 0. The van der Waals surface area contributed by atoms with Gasteiger partial charge in [0.2, 0.25) is 6.79 Å². The fourth-order valence-electron chi connectivity index (χ4n) is 5.17. The summed E-state index contributed by atoms with van der Waals surface area (Å²) in [6.45, 7) is 6.79. The molecule has 2 aromatic heterocycles. The molecule has 3 aromatic rings. The van der Waals surface area contributed by atoms with E-state index in [0.29, 0.717) is 30.0 Å². The molecule has 4 heterocycles. The summed E-state index contributed by atoms with van der Waals surface area (Å²) in [5.41, 5.74) is 7.15. The van der Waals surface area contributed by atoms with Crippen molar-refractivity contribution in [1.82, 2.24) is 9.55 Å². The second-order valence-electron chi connectivity index (χ2n) is 8.76. The average Bonchev–Trinajstić information content (AvgIpc) is 3.42. The van der Waals surface area contributed by atoms with Crippen LogP contribution < -0.4 is 15.0 Å². The molecule has 0 saturated heterocycles. The zero-order valence-corrected chi connectivity index (χ0v) is 17.7. The highest BCUT2D eigenvalue weighted by molar-refractivity contribution is 5.96. The van der Waals surface area contributed by atoms with Crippen molar-refractivity contribution >= 4 is 22.8 Å². The number of fused-ring (bicyclic) bond motifs is 6. The summed E-state index contributed by atoms with van der Waals surface area (Å²) >= 11 is 0. The number of allylic oxidation sites excluding steroid dienone is 1. The number of ketones is 1. The number of hydrogen-bond donors (Lipinski definition) is 0. The number of aromatic nitrogens is 2. The van der Waals surface area contributed by atoms with Crippen molar-refractivity contribution in [2.75, 3.05) is 6.79 Å². The van der Waals surface area contributed by atoms with Crippen LogP contribution in [0.4, 0.5) is 0 Å². The maximum absolute atomic E-state index is 13.3. The summed E-state index contributed by atoms with van der Waals surface area (Å²) in [5, 5.41) is 0.985. The van der Waals surface area contributed by atoms with Crippen molar-refractivity contribution in [2.45, 2.75) is 46.1 Å². The maximum Gasteiger partial charge on any atom is 0.255 e. The number of rotatable bonds is 2. The van der Waals surface area contributed by atoms with Crippen LogP contribution >= 0.6 is 0 Å². The highest BCUT2D eigenvalue weighted by atomic mass is 16.7. The Bertz CT molecular complexity index is 1410. The molecule has 3 aliphatic rings. The summed E-state index contributed by atoms with van der Waals surface area (Å²) < 4.78 is 12.9. The highest BCUT2D eigenvalue weighted by Gasteiger charge is 2.36. The number of pyridine rings is 2. The van der Waals surface area contributed by atoms with Gasteiger partial charge in [0.05, 0.1) is 23.4 Å². The molecule has 1 unspecified atom stereocenters. The number of hydrogen-bond acceptors (Lipinski definition) is 5. The van der Waals surface area contributed by atoms with Gasteiger partial charge in [-0.05, 0) is 43.5 Å². The molecule has 0 N–H and O–H groups in total. The largest absolute Gasteiger partial charge is 0.454 e. The van der Waals surface area contributed by atoms with Gasteiger partial charge in [0.15, 0.2) is 11.5 Å². The van der Waals surface area contributed by atoms with Gasteiger partial charge in [-0.1, -0.05) is 18.6 Å². The molecule has 1 aromatic carbocycles. The van der Waals surface area contributed by atoms with Crippen LogP contribution in [0.3, 0.4) is 0 Å². The molecule has 0 bridgehead atoms. The third-order valence-corrected chi connectivity index (χ3v) is 6.57. The first kappa shape index (κ1) is 18.4. The van der Waals surface area contributed by atoms with Crippen LogP contribution in [0.25, 0.3) is 28.4 Å². The zero-order chi connectivity index (χ0) is 21.4. The Hall–Kier alpha value is -3.41. The third kappa shape index (κ3) is 2.48. The van der Waals surface area contributed by atoms with Crippen molar-refractivity contribution in [2.24, 2.45) is 0 Å². The van der Waals surface area contributed by atoms with E-state index < -0.39 is 0 Å². The molecule has 0 saturated carbocycles. The van der Waals surface area contributed by atoms with E-state index in [2.05, 4.69) is 19.9 Å². The monoisotopic (exact) mass is 414 g/mol. The number of ether oxygens (including phenoxy) is 2. The molecule has 156 valence electrons. The first-order valence-electron chi connectivity index (χ1n) is 10.7. The molecule has 0 amide bonds. The van der Waals surface area contributed by atoms with E-state index in [1.165, 1.54) is 0 Å². The standard InChI is InChI=1S/C25H22N2O4/c1-4-13-15-6-20-24-18(10-27(20)25(29)17(15)7-21(13)28)14(5-12(2)3)16-8-22-23(31-11-30-22)9-19(16)26-24/h5-6,8-9,13H,4,7,10-11H2,1-3H3. The van der Waals surface area contributed by atoms with Gasteiger partial charge in [0.1, 0.15) is 5.78 Å². The van der Waals surface area contributed by atoms with E-state index in [9.17, 15) is 9.59 Å². The molecule has 6 nitrogen and oxygen atoms in total. The van der Waals surface area contributed by atoms with Crippen LogP contribution in [-0.4, -0.2) is 22.1 Å². The lowest BCUT2D eigenvalue weighted by Gasteiger charge is -2.11. The minimum atomic E-state index is -0.191. The predicted molar refractivity (Wildman–Crippen MR) is 118 cm³/mol. The Morgan fingerprint density at radius 2 is 1.94 bits per heavy atom. The predicted octanol–water partition coefficient (Wildman–Crippen LogP) is 4.20. The van der Waals surface area contributed by atoms with Gasteiger partial charge in [-0.25, -0.2) is 4.98 Å². The van der Waals surface area contributed by atoms with Crippen LogP contribution in [0.2, 0.25) is 0 Å². The molecule has 6 rings (SSSR count). The molecular formula is C25H22N2O4. The Morgan fingerprint density at radius 1 is 1.16 bits per heavy atom. The van der Waals surface area contributed by atoms with E-state index >= 15 is 0 Å². The third-order valence-electron chi connectivity index (χ3n) is 6.57. The Labute approximate surface area is 179 Å². The Balaban J connectivity index is 1.66. The first-order valence-corrected chi connectivity index (χ1v) is 10.7. The van der Waals surface area contributed by atoms with Gasteiger partial charge in [-0.2, -0.15) is 0 Å². The normalized spacial score (nSPS) is 17.6. The van der Waals surface area contributed by atoms with E-state index in [4.69, 9.17) is 14.5 Å². The molecular weight excluding hydrogens is 392 g/mol. The molecule has 2 aliphatic heterocycles. The van der Waals surface area contributed by atoms with Crippen LogP contribution in [0.5, 0.6) is 11.5 Å². The fraction of sp³-hybridized carbons (Fsp3) is 0.320. The fourth-order valence-corrected chi connectivity index (χ4v) is 5.17. The molecule has 0 spiro atoms. The van der Waals surface area contributed by atoms with Crippen molar-refractivity contribution in [3.8, 4) is 22.9 Å². The van der Waals surface area contributed by atoms with Gasteiger partial charge < -0.3 is 14.0 Å². The van der Waals surface area contributed by atoms with Crippen molar-refractivity contribution < 1.29 is 14.3 Å².